The number of thioether (sulfide) groups is 1. The SMILES string of the molecule is CCc1nn(C)c(CNCC2CCCS2)c1Cl. The first kappa shape index (κ1) is 13.2. The Balaban J connectivity index is 1.87. The third-order valence-corrected chi connectivity index (χ3v) is 5.03. The molecule has 1 N–H and O–H groups in total. The first-order valence-corrected chi connectivity index (χ1v) is 7.67. The molecule has 0 amide bonds. The van der Waals surface area contributed by atoms with Crippen molar-refractivity contribution in [2.45, 2.75) is 38.0 Å². The van der Waals surface area contributed by atoms with E-state index in [1.54, 1.807) is 0 Å². The van der Waals surface area contributed by atoms with Crippen LogP contribution in [0.5, 0.6) is 0 Å². The normalized spacial score (nSPS) is 20.1. The summed E-state index contributed by atoms with van der Waals surface area (Å²) in [4.78, 5) is 0. The van der Waals surface area contributed by atoms with Crippen molar-refractivity contribution in [3.8, 4) is 0 Å². The number of halogens is 1. The highest BCUT2D eigenvalue weighted by Crippen LogP contribution is 2.25. The van der Waals surface area contributed by atoms with Gasteiger partial charge >= 0.3 is 0 Å². The molecule has 1 aliphatic rings. The second kappa shape index (κ2) is 6.12. The van der Waals surface area contributed by atoms with Crippen LogP contribution < -0.4 is 5.32 Å². The molecule has 1 aromatic rings. The molecule has 2 heterocycles. The zero-order valence-electron chi connectivity index (χ0n) is 10.5. The van der Waals surface area contributed by atoms with Crippen molar-refractivity contribution in [2.24, 2.45) is 7.05 Å². The van der Waals surface area contributed by atoms with Gasteiger partial charge in [-0.15, -0.1) is 0 Å². The first-order valence-electron chi connectivity index (χ1n) is 6.25. The van der Waals surface area contributed by atoms with E-state index in [0.29, 0.717) is 0 Å². The van der Waals surface area contributed by atoms with Crippen LogP contribution >= 0.6 is 23.4 Å². The van der Waals surface area contributed by atoms with Gasteiger partial charge in [-0.3, -0.25) is 4.68 Å². The minimum absolute atomic E-state index is 0.785. The van der Waals surface area contributed by atoms with Crippen molar-refractivity contribution in [1.82, 2.24) is 15.1 Å². The zero-order chi connectivity index (χ0) is 12.3. The molecule has 1 saturated heterocycles. The lowest BCUT2D eigenvalue weighted by Crippen LogP contribution is -2.23. The maximum absolute atomic E-state index is 6.30. The van der Waals surface area contributed by atoms with Crippen LogP contribution in [0.2, 0.25) is 5.02 Å². The summed E-state index contributed by atoms with van der Waals surface area (Å²) in [6.45, 7) is 3.98. The first-order chi connectivity index (χ1) is 8.22. The van der Waals surface area contributed by atoms with Crippen LogP contribution in [0.4, 0.5) is 0 Å². The summed E-state index contributed by atoms with van der Waals surface area (Å²) >= 11 is 8.37. The van der Waals surface area contributed by atoms with Crippen molar-refractivity contribution in [3.05, 3.63) is 16.4 Å². The Morgan fingerprint density at radius 2 is 2.41 bits per heavy atom. The molecule has 1 unspecified atom stereocenters. The minimum atomic E-state index is 0.785. The lowest BCUT2D eigenvalue weighted by atomic mass is 10.2. The maximum Gasteiger partial charge on any atom is 0.0863 e. The Kier molecular flexibility index (Phi) is 4.77. The van der Waals surface area contributed by atoms with Crippen LogP contribution in [0, 0.1) is 0 Å². The lowest BCUT2D eigenvalue weighted by Gasteiger charge is -2.10. The average molecular weight is 274 g/mol. The van der Waals surface area contributed by atoms with Crippen molar-refractivity contribution in [3.63, 3.8) is 0 Å². The van der Waals surface area contributed by atoms with Gasteiger partial charge in [0.15, 0.2) is 0 Å². The third kappa shape index (κ3) is 3.18. The lowest BCUT2D eigenvalue weighted by molar-refractivity contribution is 0.605. The Morgan fingerprint density at radius 3 is 3.00 bits per heavy atom. The summed E-state index contributed by atoms with van der Waals surface area (Å²) in [6, 6.07) is 0. The van der Waals surface area contributed by atoms with Gasteiger partial charge in [0.1, 0.15) is 0 Å². The predicted octanol–water partition coefficient (Wildman–Crippen LogP) is 2.62. The van der Waals surface area contributed by atoms with Crippen molar-refractivity contribution < 1.29 is 0 Å². The Morgan fingerprint density at radius 1 is 1.59 bits per heavy atom. The smallest absolute Gasteiger partial charge is 0.0863 e. The van der Waals surface area contributed by atoms with Crippen LogP contribution in [-0.4, -0.2) is 27.3 Å². The van der Waals surface area contributed by atoms with Crippen LogP contribution in [-0.2, 0) is 20.0 Å². The maximum atomic E-state index is 6.30. The van der Waals surface area contributed by atoms with Gasteiger partial charge in [-0.2, -0.15) is 16.9 Å². The number of hydrogen-bond acceptors (Lipinski definition) is 3. The standard InChI is InChI=1S/C12H20ClN3S/c1-3-10-12(13)11(16(2)15-10)8-14-7-9-5-4-6-17-9/h9,14H,3-8H2,1-2H3. The summed E-state index contributed by atoms with van der Waals surface area (Å²) in [5, 5.41) is 9.53. The van der Waals surface area contributed by atoms with Gasteiger partial charge in [-0.1, -0.05) is 18.5 Å². The van der Waals surface area contributed by atoms with Gasteiger partial charge in [-0.05, 0) is 25.0 Å². The number of hydrogen-bond donors (Lipinski definition) is 1. The van der Waals surface area contributed by atoms with Gasteiger partial charge < -0.3 is 5.32 Å². The van der Waals surface area contributed by atoms with Crippen molar-refractivity contribution in [2.75, 3.05) is 12.3 Å². The van der Waals surface area contributed by atoms with E-state index in [0.717, 1.165) is 41.2 Å². The van der Waals surface area contributed by atoms with Gasteiger partial charge in [0.25, 0.3) is 0 Å². The fourth-order valence-electron chi connectivity index (χ4n) is 2.17. The van der Waals surface area contributed by atoms with Gasteiger partial charge in [0, 0.05) is 25.4 Å². The minimum Gasteiger partial charge on any atom is -0.310 e. The molecule has 0 radical (unpaired) electrons. The number of nitrogens with zero attached hydrogens (tertiary/aromatic N) is 2. The second-order valence-corrected chi connectivity index (χ2v) is 6.24. The molecule has 5 heteroatoms. The molecule has 0 aliphatic carbocycles. The van der Waals surface area contributed by atoms with Crippen molar-refractivity contribution >= 4 is 23.4 Å². The summed E-state index contributed by atoms with van der Waals surface area (Å²) in [5.74, 6) is 1.32. The summed E-state index contributed by atoms with van der Waals surface area (Å²) < 4.78 is 1.90. The highest BCUT2D eigenvalue weighted by Gasteiger charge is 2.16. The Labute approximate surface area is 112 Å². The molecule has 0 bridgehead atoms. The second-order valence-electron chi connectivity index (χ2n) is 4.45. The highest BCUT2D eigenvalue weighted by atomic mass is 35.5. The summed E-state index contributed by atoms with van der Waals surface area (Å²) in [6.07, 6.45) is 3.60. The van der Waals surface area contributed by atoms with E-state index < -0.39 is 0 Å². The van der Waals surface area contributed by atoms with E-state index in [4.69, 9.17) is 11.6 Å². The highest BCUT2D eigenvalue weighted by molar-refractivity contribution is 8.00. The monoisotopic (exact) mass is 273 g/mol. The predicted molar refractivity (Wildman–Crippen MR) is 74.8 cm³/mol. The fraction of sp³-hybridized carbons (Fsp3) is 0.750. The molecule has 17 heavy (non-hydrogen) atoms. The molecule has 1 aromatic heterocycles. The number of aromatic nitrogens is 2. The molecule has 0 saturated carbocycles. The molecular weight excluding hydrogens is 254 g/mol. The Bertz CT molecular complexity index is 372. The molecule has 0 spiro atoms. The van der Waals surface area contributed by atoms with E-state index >= 15 is 0 Å². The van der Waals surface area contributed by atoms with Crippen LogP contribution in [0.1, 0.15) is 31.2 Å². The van der Waals surface area contributed by atoms with Crippen LogP contribution in [0.3, 0.4) is 0 Å². The molecule has 1 aliphatic heterocycles. The van der Waals surface area contributed by atoms with Crippen LogP contribution in [0.15, 0.2) is 0 Å². The largest absolute Gasteiger partial charge is 0.310 e. The molecule has 1 atom stereocenters. The van der Waals surface area contributed by atoms with E-state index in [2.05, 4.69) is 29.1 Å². The zero-order valence-corrected chi connectivity index (χ0v) is 12.1. The quantitative estimate of drug-likeness (QED) is 0.894. The van der Waals surface area contributed by atoms with E-state index in [9.17, 15) is 0 Å². The average Bonchev–Trinajstić information content (AvgIpc) is 2.91. The number of rotatable bonds is 5. The molecule has 1 fully saturated rings. The van der Waals surface area contributed by atoms with Gasteiger partial charge in [-0.25, -0.2) is 0 Å². The van der Waals surface area contributed by atoms with Crippen LogP contribution in [0.25, 0.3) is 0 Å². The molecule has 0 aromatic carbocycles. The number of nitrogens with one attached hydrogen (secondary N) is 1. The van der Waals surface area contributed by atoms with E-state index in [1.807, 2.05) is 11.7 Å². The topological polar surface area (TPSA) is 29.9 Å². The molecule has 2 rings (SSSR count). The summed E-state index contributed by atoms with van der Waals surface area (Å²) in [5.41, 5.74) is 2.10. The third-order valence-electron chi connectivity index (χ3n) is 3.19. The summed E-state index contributed by atoms with van der Waals surface area (Å²) in [7, 11) is 1.96. The molecule has 96 valence electrons. The Hall–Kier alpha value is -0.190. The van der Waals surface area contributed by atoms with E-state index in [1.165, 1.54) is 18.6 Å². The van der Waals surface area contributed by atoms with Crippen molar-refractivity contribution in [1.29, 1.82) is 0 Å². The molecule has 3 nitrogen and oxygen atoms in total. The number of aryl methyl sites for hydroxylation is 2. The van der Waals surface area contributed by atoms with Gasteiger partial charge in [0.2, 0.25) is 0 Å². The fourth-order valence-corrected chi connectivity index (χ4v) is 3.77. The molecular formula is C12H20ClN3S. The van der Waals surface area contributed by atoms with Gasteiger partial charge in [0.05, 0.1) is 16.4 Å². The van der Waals surface area contributed by atoms with E-state index in [-0.39, 0.29) is 0 Å².